The van der Waals surface area contributed by atoms with Crippen LogP contribution in [0.1, 0.15) is 21.5 Å². The maximum Gasteiger partial charge on any atom is 0.354 e. The smallest absolute Gasteiger partial charge is 0.354 e. The number of hydrogen-bond donors (Lipinski definition) is 1. The second kappa shape index (κ2) is 7.22. The van der Waals surface area contributed by atoms with Gasteiger partial charge in [-0.2, -0.15) is 0 Å². The van der Waals surface area contributed by atoms with Crippen LogP contribution in [-0.4, -0.2) is 19.0 Å². The minimum Gasteiger partial charge on any atom is -0.464 e. The van der Waals surface area contributed by atoms with E-state index in [9.17, 15) is 9.59 Å². The second-order valence-electron chi connectivity index (χ2n) is 4.78. The number of carbonyl (C=O) groups excluding carboxylic acids is 2. The lowest BCUT2D eigenvalue weighted by Gasteiger charge is -2.08. The molecule has 0 heterocycles. The van der Waals surface area contributed by atoms with Gasteiger partial charge in [-0.25, -0.2) is 4.79 Å². The lowest BCUT2D eigenvalue weighted by molar-refractivity contribution is -0.136. The summed E-state index contributed by atoms with van der Waals surface area (Å²) in [6.07, 6.45) is 1.58. The van der Waals surface area contributed by atoms with Gasteiger partial charge in [-0.15, -0.1) is 0 Å². The van der Waals surface area contributed by atoms with Crippen LogP contribution >= 0.6 is 0 Å². The third-order valence-electron chi connectivity index (χ3n) is 3.08. The van der Waals surface area contributed by atoms with Gasteiger partial charge in [0.1, 0.15) is 5.70 Å². The summed E-state index contributed by atoms with van der Waals surface area (Å²) in [5, 5.41) is 2.60. The van der Waals surface area contributed by atoms with E-state index in [1.54, 1.807) is 18.2 Å². The van der Waals surface area contributed by atoms with Crippen LogP contribution in [-0.2, 0) is 9.53 Å². The molecule has 1 amide bonds. The number of carbonyl (C=O) groups is 2. The summed E-state index contributed by atoms with van der Waals surface area (Å²) in [7, 11) is 1.28. The maximum atomic E-state index is 12.2. The van der Waals surface area contributed by atoms with Crippen molar-refractivity contribution in [1.29, 1.82) is 0 Å². The molecular weight excluding hydrogens is 278 g/mol. The first-order valence-corrected chi connectivity index (χ1v) is 6.83. The molecule has 2 aromatic carbocycles. The molecule has 4 heteroatoms. The van der Waals surface area contributed by atoms with Gasteiger partial charge >= 0.3 is 5.97 Å². The highest BCUT2D eigenvalue weighted by Crippen LogP contribution is 2.08. The number of amides is 1. The molecule has 0 saturated heterocycles. The lowest BCUT2D eigenvalue weighted by Crippen LogP contribution is -2.28. The number of hydrogen-bond acceptors (Lipinski definition) is 3. The summed E-state index contributed by atoms with van der Waals surface area (Å²) in [5.41, 5.74) is 2.43. The molecule has 2 rings (SSSR count). The Morgan fingerprint density at radius 1 is 1.00 bits per heavy atom. The molecule has 22 heavy (non-hydrogen) atoms. The van der Waals surface area contributed by atoms with E-state index in [4.69, 9.17) is 4.74 Å². The van der Waals surface area contributed by atoms with E-state index in [2.05, 4.69) is 5.32 Å². The number of methoxy groups -OCH3 is 1. The molecule has 0 spiro atoms. The predicted molar refractivity (Wildman–Crippen MR) is 85.1 cm³/mol. The van der Waals surface area contributed by atoms with Crippen molar-refractivity contribution in [3.63, 3.8) is 0 Å². The number of esters is 1. The third-order valence-corrected chi connectivity index (χ3v) is 3.08. The zero-order valence-electron chi connectivity index (χ0n) is 12.5. The Hall–Kier alpha value is -2.88. The fraction of sp³-hybridized carbons (Fsp3) is 0.111. The maximum absolute atomic E-state index is 12.2. The second-order valence-corrected chi connectivity index (χ2v) is 4.78. The van der Waals surface area contributed by atoms with Gasteiger partial charge in [-0.1, -0.05) is 48.0 Å². The van der Waals surface area contributed by atoms with Crippen LogP contribution in [0.4, 0.5) is 0 Å². The number of ether oxygens (including phenoxy) is 1. The molecule has 1 N–H and O–H groups in total. The van der Waals surface area contributed by atoms with Crippen molar-refractivity contribution in [2.75, 3.05) is 7.11 Å². The van der Waals surface area contributed by atoms with Crippen molar-refractivity contribution in [3.8, 4) is 0 Å². The molecule has 0 aliphatic heterocycles. The fourth-order valence-electron chi connectivity index (χ4n) is 1.87. The van der Waals surface area contributed by atoms with E-state index in [-0.39, 0.29) is 11.6 Å². The molecule has 0 radical (unpaired) electrons. The van der Waals surface area contributed by atoms with Gasteiger partial charge < -0.3 is 10.1 Å². The van der Waals surface area contributed by atoms with Gasteiger partial charge in [-0.3, -0.25) is 4.79 Å². The van der Waals surface area contributed by atoms with Crippen molar-refractivity contribution in [1.82, 2.24) is 5.32 Å². The average Bonchev–Trinajstić information content (AvgIpc) is 2.55. The lowest BCUT2D eigenvalue weighted by atomic mass is 10.1. The van der Waals surface area contributed by atoms with Crippen molar-refractivity contribution in [2.24, 2.45) is 0 Å². The van der Waals surface area contributed by atoms with E-state index in [1.807, 2.05) is 49.4 Å². The molecule has 0 unspecified atom stereocenters. The number of benzene rings is 2. The van der Waals surface area contributed by atoms with E-state index in [0.717, 1.165) is 11.1 Å². The Morgan fingerprint density at radius 3 is 2.23 bits per heavy atom. The standard InChI is InChI=1S/C18H17NO3/c1-13-8-10-15(11-9-13)17(20)19-16(18(21)22-2)12-14-6-4-3-5-7-14/h3-12H,1-2H3,(H,19,20)/b16-12-. The van der Waals surface area contributed by atoms with Crippen LogP contribution in [0.15, 0.2) is 60.3 Å². The van der Waals surface area contributed by atoms with Gasteiger partial charge in [0.25, 0.3) is 5.91 Å². The van der Waals surface area contributed by atoms with Crippen LogP contribution in [0.2, 0.25) is 0 Å². The Morgan fingerprint density at radius 2 is 1.64 bits per heavy atom. The van der Waals surface area contributed by atoms with Crippen molar-refractivity contribution in [3.05, 3.63) is 77.0 Å². The zero-order valence-corrected chi connectivity index (χ0v) is 12.5. The SMILES string of the molecule is COC(=O)/C(=C/c1ccccc1)NC(=O)c1ccc(C)cc1. The van der Waals surface area contributed by atoms with Crippen LogP contribution in [0.25, 0.3) is 6.08 Å². The van der Waals surface area contributed by atoms with Crippen LogP contribution in [0.3, 0.4) is 0 Å². The highest BCUT2D eigenvalue weighted by molar-refractivity contribution is 6.03. The quantitative estimate of drug-likeness (QED) is 0.697. The summed E-state index contributed by atoms with van der Waals surface area (Å²) in [6.45, 7) is 1.94. The van der Waals surface area contributed by atoms with E-state index in [0.29, 0.717) is 5.56 Å². The third kappa shape index (κ3) is 4.06. The summed E-state index contributed by atoms with van der Waals surface area (Å²) < 4.78 is 4.72. The molecule has 0 aromatic heterocycles. The first-order valence-electron chi connectivity index (χ1n) is 6.83. The molecule has 2 aromatic rings. The molecular formula is C18H17NO3. The van der Waals surface area contributed by atoms with Crippen LogP contribution in [0.5, 0.6) is 0 Å². The van der Waals surface area contributed by atoms with Crippen LogP contribution in [0, 0.1) is 6.92 Å². The first kappa shape index (κ1) is 15.5. The topological polar surface area (TPSA) is 55.4 Å². The number of nitrogens with one attached hydrogen (secondary N) is 1. The molecule has 4 nitrogen and oxygen atoms in total. The van der Waals surface area contributed by atoms with Gasteiger partial charge in [0.2, 0.25) is 0 Å². The minimum atomic E-state index is -0.593. The number of rotatable bonds is 4. The summed E-state index contributed by atoms with van der Waals surface area (Å²) in [6, 6.07) is 16.3. The summed E-state index contributed by atoms with van der Waals surface area (Å²) in [5.74, 6) is -0.947. The van der Waals surface area contributed by atoms with Crippen molar-refractivity contribution >= 4 is 18.0 Å². The molecule has 0 aliphatic rings. The number of aryl methyl sites for hydroxylation is 1. The summed E-state index contributed by atoms with van der Waals surface area (Å²) in [4.78, 5) is 24.0. The highest BCUT2D eigenvalue weighted by Gasteiger charge is 2.14. The van der Waals surface area contributed by atoms with Gasteiger partial charge in [0.15, 0.2) is 0 Å². The Kier molecular flexibility index (Phi) is 5.09. The van der Waals surface area contributed by atoms with Gasteiger partial charge in [-0.05, 0) is 30.7 Å². The fourth-order valence-corrected chi connectivity index (χ4v) is 1.87. The monoisotopic (exact) mass is 295 g/mol. The van der Waals surface area contributed by atoms with Gasteiger partial charge in [0, 0.05) is 5.56 Å². The van der Waals surface area contributed by atoms with Crippen molar-refractivity contribution in [2.45, 2.75) is 6.92 Å². The van der Waals surface area contributed by atoms with E-state index >= 15 is 0 Å². The largest absolute Gasteiger partial charge is 0.464 e. The first-order chi connectivity index (χ1) is 10.6. The Bertz CT molecular complexity index is 688. The minimum absolute atomic E-state index is 0.0966. The van der Waals surface area contributed by atoms with Gasteiger partial charge in [0.05, 0.1) is 7.11 Å². The average molecular weight is 295 g/mol. The van der Waals surface area contributed by atoms with E-state index < -0.39 is 5.97 Å². The molecule has 0 atom stereocenters. The Labute approximate surface area is 129 Å². The molecule has 0 bridgehead atoms. The summed E-state index contributed by atoms with van der Waals surface area (Å²) >= 11 is 0. The van der Waals surface area contributed by atoms with Crippen LogP contribution < -0.4 is 5.32 Å². The van der Waals surface area contributed by atoms with E-state index in [1.165, 1.54) is 7.11 Å². The van der Waals surface area contributed by atoms with Crippen molar-refractivity contribution < 1.29 is 14.3 Å². The molecule has 0 saturated carbocycles. The molecule has 0 fully saturated rings. The zero-order chi connectivity index (χ0) is 15.9. The Balaban J connectivity index is 2.24. The predicted octanol–water partition coefficient (Wildman–Crippen LogP) is 2.94. The molecule has 112 valence electrons. The normalized spacial score (nSPS) is 10.9. The highest BCUT2D eigenvalue weighted by atomic mass is 16.5. The molecule has 0 aliphatic carbocycles.